The van der Waals surface area contributed by atoms with Crippen molar-refractivity contribution in [1.29, 1.82) is 0 Å². The Morgan fingerprint density at radius 1 is 1.05 bits per heavy atom. The molecule has 3 heteroatoms. The Balaban J connectivity index is 1.91. The van der Waals surface area contributed by atoms with E-state index >= 15 is 0 Å². The van der Waals surface area contributed by atoms with Gasteiger partial charge in [0.05, 0.1) is 0 Å². The zero-order chi connectivity index (χ0) is 15.2. The van der Waals surface area contributed by atoms with E-state index in [2.05, 4.69) is 37.9 Å². The number of hydrogen-bond acceptors (Lipinski definition) is 3. The fourth-order valence-electron chi connectivity index (χ4n) is 3.92. The Morgan fingerprint density at radius 3 is 2.33 bits per heavy atom. The van der Waals surface area contributed by atoms with Crippen molar-refractivity contribution in [1.82, 2.24) is 10.2 Å². The van der Waals surface area contributed by atoms with Gasteiger partial charge < -0.3 is 10.1 Å². The fraction of sp³-hybridized carbons (Fsp3) is 1.00. The van der Waals surface area contributed by atoms with Crippen LogP contribution in [-0.2, 0) is 4.74 Å². The second kappa shape index (κ2) is 8.50. The predicted octanol–water partition coefficient (Wildman–Crippen LogP) is 3.15. The number of hydrogen-bond donors (Lipinski definition) is 1. The zero-order valence-electron chi connectivity index (χ0n) is 14.6. The maximum absolute atomic E-state index is 5.52. The summed E-state index contributed by atoms with van der Waals surface area (Å²) in [7, 11) is 0. The van der Waals surface area contributed by atoms with Gasteiger partial charge in [0, 0.05) is 44.9 Å². The van der Waals surface area contributed by atoms with Crippen molar-refractivity contribution in [2.24, 2.45) is 17.8 Å². The molecule has 3 nitrogen and oxygen atoms in total. The van der Waals surface area contributed by atoms with Crippen molar-refractivity contribution >= 4 is 0 Å². The largest absolute Gasteiger partial charge is 0.381 e. The molecule has 0 aliphatic carbocycles. The normalized spacial score (nSPS) is 29.4. The summed E-state index contributed by atoms with van der Waals surface area (Å²) >= 11 is 0. The minimum Gasteiger partial charge on any atom is -0.381 e. The van der Waals surface area contributed by atoms with E-state index in [-0.39, 0.29) is 0 Å². The maximum Gasteiger partial charge on any atom is 0.0469 e. The molecule has 2 aliphatic rings. The summed E-state index contributed by atoms with van der Waals surface area (Å²) in [5.74, 6) is 2.43. The molecule has 2 heterocycles. The van der Waals surface area contributed by atoms with E-state index in [1.807, 2.05) is 0 Å². The molecular formula is C18H36N2O. The van der Waals surface area contributed by atoms with Crippen LogP contribution in [0.2, 0.25) is 0 Å². The summed E-state index contributed by atoms with van der Waals surface area (Å²) < 4.78 is 5.52. The highest BCUT2D eigenvalue weighted by molar-refractivity contribution is 4.88. The van der Waals surface area contributed by atoms with Gasteiger partial charge in [0.15, 0.2) is 0 Å². The molecule has 0 aromatic heterocycles. The van der Waals surface area contributed by atoms with Crippen LogP contribution < -0.4 is 5.32 Å². The van der Waals surface area contributed by atoms with Crippen LogP contribution in [0.1, 0.15) is 53.4 Å². The second-order valence-corrected chi connectivity index (χ2v) is 8.03. The Labute approximate surface area is 131 Å². The van der Waals surface area contributed by atoms with Crippen molar-refractivity contribution in [2.45, 2.75) is 65.5 Å². The lowest BCUT2D eigenvalue weighted by atomic mass is 9.92. The molecule has 124 valence electrons. The zero-order valence-corrected chi connectivity index (χ0v) is 14.6. The molecule has 0 aromatic carbocycles. The Bertz CT molecular complexity index is 287. The Hall–Kier alpha value is -0.120. The van der Waals surface area contributed by atoms with Crippen LogP contribution in [0.25, 0.3) is 0 Å². The number of piperazine rings is 1. The van der Waals surface area contributed by atoms with Gasteiger partial charge in [-0.25, -0.2) is 0 Å². The van der Waals surface area contributed by atoms with Crippen LogP contribution in [0.4, 0.5) is 0 Å². The molecule has 2 rings (SSSR count). The van der Waals surface area contributed by atoms with E-state index in [1.54, 1.807) is 0 Å². The molecule has 2 aliphatic heterocycles. The smallest absolute Gasteiger partial charge is 0.0469 e. The molecule has 1 N–H and O–H groups in total. The summed E-state index contributed by atoms with van der Waals surface area (Å²) in [6, 6.07) is 1.42. The van der Waals surface area contributed by atoms with Gasteiger partial charge in [0.25, 0.3) is 0 Å². The van der Waals surface area contributed by atoms with E-state index in [4.69, 9.17) is 4.74 Å². The molecule has 2 atom stereocenters. The molecule has 0 aromatic rings. The first-order valence-corrected chi connectivity index (χ1v) is 9.09. The van der Waals surface area contributed by atoms with E-state index in [0.29, 0.717) is 6.04 Å². The Morgan fingerprint density at radius 2 is 1.71 bits per heavy atom. The average Bonchev–Trinajstić information content (AvgIpc) is 2.42. The van der Waals surface area contributed by atoms with Crippen molar-refractivity contribution in [3.63, 3.8) is 0 Å². The van der Waals surface area contributed by atoms with Crippen LogP contribution >= 0.6 is 0 Å². The lowest BCUT2D eigenvalue weighted by Gasteiger charge is -2.43. The second-order valence-electron chi connectivity index (χ2n) is 8.03. The topological polar surface area (TPSA) is 24.5 Å². The minimum absolute atomic E-state index is 0.688. The molecule has 21 heavy (non-hydrogen) atoms. The van der Waals surface area contributed by atoms with Crippen LogP contribution in [0.15, 0.2) is 0 Å². The molecule has 2 unspecified atom stereocenters. The number of nitrogens with one attached hydrogen (secondary N) is 1. The van der Waals surface area contributed by atoms with Crippen molar-refractivity contribution in [3.8, 4) is 0 Å². The van der Waals surface area contributed by atoms with Crippen LogP contribution in [0, 0.1) is 17.8 Å². The fourth-order valence-corrected chi connectivity index (χ4v) is 3.92. The third-order valence-electron chi connectivity index (χ3n) is 4.95. The first-order valence-electron chi connectivity index (χ1n) is 9.09. The lowest BCUT2D eigenvalue weighted by molar-refractivity contribution is 0.0307. The van der Waals surface area contributed by atoms with Crippen molar-refractivity contribution in [2.75, 3.05) is 32.8 Å². The molecule has 0 radical (unpaired) electrons. The number of rotatable bonds is 6. The summed E-state index contributed by atoms with van der Waals surface area (Å²) in [5.41, 5.74) is 0. The van der Waals surface area contributed by atoms with E-state index in [9.17, 15) is 0 Å². The molecule has 0 saturated carbocycles. The van der Waals surface area contributed by atoms with Crippen molar-refractivity contribution in [3.05, 3.63) is 0 Å². The third kappa shape index (κ3) is 5.88. The maximum atomic E-state index is 5.52. The van der Waals surface area contributed by atoms with Gasteiger partial charge in [-0.2, -0.15) is 0 Å². The third-order valence-corrected chi connectivity index (χ3v) is 4.95. The Kier molecular flexibility index (Phi) is 6.97. The van der Waals surface area contributed by atoms with Gasteiger partial charge >= 0.3 is 0 Å². The molecule has 0 bridgehead atoms. The molecular weight excluding hydrogens is 260 g/mol. The van der Waals surface area contributed by atoms with Gasteiger partial charge in [0.2, 0.25) is 0 Å². The van der Waals surface area contributed by atoms with Gasteiger partial charge in [0.1, 0.15) is 0 Å². The summed E-state index contributed by atoms with van der Waals surface area (Å²) in [5, 5.41) is 3.81. The van der Waals surface area contributed by atoms with Crippen LogP contribution in [0.5, 0.6) is 0 Å². The number of ether oxygens (including phenoxy) is 1. The average molecular weight is 296 g/mol. The highest BCUT2D eigenvalue weighted by Crippen LogP contribution is 2.23. The van der Waals surface area contributed by atoms with Gasteiger partial charge in [-0.3, -0.25) is 4.90 Å². The summed E-state index contributed by atoms with van der Waals surface area (Å²) in [4.78, 5) is 2.81. The van der Waals surface area contributed by atoms with Gasteiger partial charge in [-0.1, -0.05) is 27.7 Å². The quantitative estimate of drug-likeness (QED) is 0.815. The van der Waals surface area contributed by atoms with E-state index < -0.39 is 0 Å². The molecule has 2 fully saturated rings. The molecule has 0 amide bonds. The number of nitrogens with zero attached hydrogens (tertiary/aromatic N) is 1. The summed E-state index contributed by atoms with van der Waals surface area (Å²) in [6.07, 6.45) is 5.14. The highest BCUT2D eigenvalue weighted by atomic mass is 16.5. The monoisotopic (exact) mass is 296 g/mol. The van der Waals surface area contributed by atoms with E-state index in [0.717, 1.165) is 37.0 Å². The predicted molar refractivity (Wildman–Crippen MR) is 89.6 cm³/mol. The first kappa shape index (κ1) is 17.2. The lowest BCUT2D eigenvalue weighted by Crippen LogP contribution is -2.58. The SMILES string of the molecule is CC(C)CC1CN(CC2CCOCC2)C(CC(C)C)CN1. The minimum atomic E-state index is 0.688. The standard InChI is InChI=1S/C18H36N2O/c1-14(2)9-17-13-20(12-16-5-7-21-8-6-16)18(11-19-17)10-15(3)4/h14-19H,5-13H2,1-4H3. The van der Waals surface area contributed by atoms with Gasteiger partial charge in [-0.05, 0) is 43.4 Å². The van der Waals surface area contributed by atoms with Crippen LogP contribution in [-0.4, -0.2) is 49.8 Å². The summed E-state index contributed by atoms with van der Waals surface area (Å²) in [6.45, 7) is 15.0. The molecule has 0 spiro atoms. The van der Waals surface area contributed by atoms with Gasteiger partial charge in [-0.15, -0.1) is 0 Å². The van der Waals surface area contributed by atoms with Crippen molar-refractivity contribution < 1.29 is 4.74 Å². The molecule has 2 saturated heterocycles. The first-order chi connectivity index (χ1) is 10.0. The van der Waals surface area contributed by atoms with E-state index in [1.165, 1.54) is 45.3 Å². The van der Waals surface area contributed by atoms with Crippen LogP contribution in [0.3, 0.4) is 0 Å². The highest BCUT2D eigenvalue weighted by Gasteiger charge is 2.30.